The van der Waals surface area contributed by atoms with Gasteiger partial charge in [-0.1, -0.05) is 72.7 Å². The molecule has 0 bridgehead atoms. The standard InChI is InChI=1S/4C9H19NS2.2Zn/c4*1-5-9(4,6-2)10(7-3)8(11)12;;/h4*5-7H2,1-4H3,(H,11,12);;/q;;;;2*+2/p-4. The second kappa shape index (κ2) is 32.9. The molecule has 0 aliphatic carbocycles. The van der Waals surface area contributed by atoms with Crippen LogP contribution in [0.25, 0.3) is 0 Å². The first kappa shape index (κ1) is 63.6. The van der Waals surface area contributed by atoms with Gasteiger partial charge in [-0.15, -0.1) is 0 Å². The van der Waals surface area contributed by atoms with Gasteiger partial charge in [-0.2, -0.15) is 0 Å². The molecule has 50 heavy (non-hydrogen) atoms. The molecule has 0 amide bonds. The van der Waals surface area contributed by atoms with E-state index < -0.39 is 0 Å². The monoisotopic (exact) mass is 944 g/mol. The largest absolute Gasteiger partial charge is 2.00 e. The molecular weight excluding hydrogens is 876 g/mol. The molecule has 0 fully saturated rings. The zero-order valence-electron chi connectivity index (χ0n) is 35.0. The molecule has 288 valence electrons. The molecule has 14 heteroatoms. The van der Waals surface area contributed by atoms with Crippen molar-refractivity contribution in [2.75, 3.05) is 26.2 Å². The predicted molar refractivity (Wildman–Crippen MR) is 245 cm³/mol. The van der Waals surface area contributed by atoms with E-state index in [-0.39, 0.29) is 61.1 Å². The van der Waals surface area contributed by atoms with Crippen molar-refractivity contribution in [3.63, 3.8) is 0 Å². The fourth-order valence-corrected chi connectivity index (χ4v) is 8.25. The predicted octanol–water partition coefficient (Wildman–Crippen LogP) is 10.9. The molecule has 0 atom stereocenters. The molecule has 0 heterocycles. The van der Waals surface area contributed by atoms with Gasteiger partial charge in [0.15, 0.2) is 0 Å². The molecule has 0 unspecified atom stereocenters. The normalized spacial score (nSPS) is 10.9. The van der Waals surface area contributed by atoms with Crippen LogP contribution in [0.2, 0.25) is 0 Å². The maximum absolute atomic E-state index is 5.04. The minimum atomic E-state index is 0. The first-order valence-electron chi connectivity index (χ1n) is 18.0. The summed E-state index contributed by atoms with van der Waals surface area (Å²) in [4.78, 5) is 8.55. The Bertz CT molecular complexity index is 767. The minimum Gasteiger partial charge on any atom is -0.411 e. The van der Waals surface area contributed by atoms with Gasteiger partial charge in [0, 0.05) is 48.3 Å². The van der Waals surface area contributed by atoms with Gasteiger partial charge in [-0.05, 0) is 107 Å². The van der Waals surface area contributed by atoms with E-state index in [1.165, 1.54) is 0 Å². The van der Waals surface area contributed by atoms with Gasteiger partial charge in [-0.3, -0.25) is 0 Å². The zero-order chi connectivity index (χ0) is 39.1. The summed E-state index contributed by atoms with van der Waals surface area (Å²) in [7, 11) is 0. The molecule has 0 saturated heterocycles. The molecule has 0 rings (SSSR count). The summed E-state index contributed by atoms with van der Waals surface area (Å²) in [6, 6.07) is 0. The van der Waals surface area contributed by atoms with Crippen LogP contribution in [0.15, 0.2) is 0 Å². The van der Waals surface area contributed by atoms with E-state index in [9.17, 15) is 0 Å². The molecule has 0 N–H and O–H groups in total. The summed E-state index contributed by atoms with van der Waals surface area (Å²) in [6.45, 7) is 38.4. The van der Waals surface area contributed by atoms with Crippen LogP contribution in [0.4, 0.5) is 0 Å². The Labute approximate surface area is 381 Å². The van der Waals surface area contributed by atoms with Gasteiger partial charge in [0.05, 0.1) is 0 Å². The van der Waals surface area contributed by atoms with Crippen molar-refractivity contribution in [1.82, 2.24) is 19.6 Å². The second-order valence-corrected chi connectivity index (χ2v) is 17.0. The first-order chi connectivity index (χ1) is 22.1. The third-order valence-corrected chi connectivity index (χ3v) is 12.6. The third-order valence-electron chi connectivity index (χ3n) is 10.8. The van der Waals surface area contributed by atoms with Crippen molar-refractivity contribution < 1.29 is 39.0 Å². The molecule has 0 radical (unpaired) electrons. The van der Waals surface area contributed by atoms with Gasteiger partial charge in [0.25, 0.3) is 0 Å². The molecule has 0 spiro atoms. The van der Waals surface area contributed by atoms with E-state index in [0.717, 1.165) is 77.5 Å². The summed E-state index contributed by atoms with van der Waals surface area (Å²) in [5.41, 5.74) is 0.641. The Kier molecular flexibility index (Phi) is 41.8. The Morgan fingerprint density at radius 3 is 0.460 bits per heavy atom. The van der Waals surface area contributed by atoms with Crippen molar-refractivity contribution in [3.8, 4) is 0 Å². The number of hydrogen-bond donors (Lipinski definition) is 0. The van der Waals surface area contributed by atoms with Crippen molar-refractivity contribution in [3.05, 3.63) is 0 Å². The Morgan fingerprint density at radius 1 is 0.340 bits per heavy atom. The van der Waals surface area contributed by atoms with Crippen LogP contribution in [0, 0.1) is 0 Å². The van der Waals surface area contributed by atoms with Gasteiger partial charge in [0.1, 0.15) is 0 Å². The topological polar surface area (TPSA) is 13.0 Å². The quantitative estimate of drug-likeness (QED) is 0.0831. The van der Waals surface area contributed by atoms with Crippen molar-refractivity contribution in [1.29, 1.82) is 0 Å². The molecular formula is C36H72N4S8Zn2. The molecule has 0 aliphatic heterocycles. The molecule has 0 aromatic rings. The van der Waals surface area contributed by atoms with Crippen molar-refractivity contribution in [2.45, 2.75) is 184 Å². The minimum absolute atomic E-state index is 0. The number of nitrogens with zero attached hydrogens (tertiary/aromatic N) is 4. The summed E-state index contributed by atoms with van der Waals surface area (Å²) < 4.78 is 2.40. The van der Waals surface area contributed by atoms with E-state index >= 15 is 0 Å². The van der Waals surface area contributed by atoms with E-state index in [1.807, 2.05) is 0 Å². The van der Waals surface area contributed by atoms with Crippen molar-refractivity contribution >= 4 is 117 Å². The van der Waals surface area contributed by atoms with Crippen LogP contribution in [0.1, 0.15) is 162 Å². The van der Waals surface area contributed by atoms with Crippen LogP contribution < -0.4 is 0 Å². The SMILES string of the molecule is CCN(C(=S)[S-])C(C)(CC)CC.CCN(C(=S)[S-])C(C)(CC)CC.CCN(C(=S)[S-])C(C)(CC)CC.CCN(C(=S)[S-])C(C)(CC)CC.[Zn+2].[Zn+2]. The van der Waals surface area contributed by atoms with Crippen LogP contribution in [-0.2, 0) is 89.5 Å². The van der Waals surface area contributed by atoms with E-state index in [1.54, 1.807) is 0 Å². The third kappa shape index (κ3) is 21.7. The summed E-state index contributed by atoms with van der Waals surface area (Å²) >= 11 is 40.3. The molecule has 0 saturated carbocycles. The average Bonchev–Trinajstić information content (AvgIpc) is 3.05. The zero-order valence-corrected chi connectivity index (χ0v) is 47.4. The molecule has 0 aliphatic rings. The first-order valence-corrected chi connectivity index (χ1v) is 21.3. The number of rotatable bonds is 16. The van der Waals surface area contributed by atoms with Gasteiger partial charge in [0.2, 0.25) is 0 Å². The smallest absolute Gasteiger partial charge is 0.411 e. The Hall–Kier alpha value is 1.69. The van der Waals surface area contributed by atoms with Crippen molar-refractivity contribution in [2.24, 2.45) is 0 Å². The molecule has 0 aromatic heterocycles. The van der Waals surface area contributed by atoms with Crippen LogP contribution >= 0.6 is 48.9 Å². The van der Waals surface area contributed by atoms with Gasteiger partial charge in [-0.25, -0.2) is 0 Å². The molecule has 4 nitrogen and oxygen atoms in total. The van der Waals surface area contributed by atoms with Gasteiger partial charge < -0.3 is 119 Å². The van der Waals surface area contributed by atoms with E-state index in [4.69, 9.17) is 99.4 Å². The Balaban J connectivity index is -0.000000127. The average molecular weight is 948 g/mol. The van der Waals surface area contributed by atoms with Crippen LogP contribution in [0.5, 0.6) is 0 Å². The van der Waals surface area contributed by atoms with Crippen LogP contribution in [0.3, 0.4) is 0 Å². The van der Waals surface area contributed by atoms with E-state index in [0.29, 0.717) is 17.3 Å². The number of thiocarbonyl (C=S) groups is 4. The summed E-state index contributed by atoms with van der Waals surface area (Å²) in [5, 5.41) is 0. The summed E-state index contributed by atoms with van der Waals surface area (Å²) in [6.07, 6.45) is 8.73. The maximum atomic E-state index is 5.04. The fourth-order valence-electron chi connectivity index (χ4n) is 5.45. The fraction of sp³-hybridized carbons (Fsp3) is 0.889. The second-order valence-electron chi connectivity index (χ2n) is 12.9. The van der Waals surface area contributed by atoms with Gasteiger partial charge >= 0.3 is 39.0 Å². The molecule has 0 aromatic carbocycles. The maximum Gasteiger partial charge on any atom is 2.00 e. The van der Waals surface area contributed by atoms with E-state index in [2.05, 4.69) is 130 Å². The summed E-state index contributed by atoms with van der Waals surface area (Å²) in [5.74, 6) is 0. The number of hydrogen-bond acceptors (Lipinski definition) is 8. The van der Waals surface area contributed by atoms with Crippen LogP contribution in [-0.4, -0.2) is 85.2 Å². The Morgan fingerprint density at radius 2 is 0.440 bits per heavy atom.